The third-order valence-electron chi connectivity index (χ3n) is 4.98. The molecule has 0 saturated heterocycles. The minimum absolute atomic E-state index is 0.0706. The first-order valence-electron chi connectivity index (χ1n) is 8.47. The van der Waals surface area contributed by atoms with Crippen molar-refractivity contribution in [3.05, 3.63) is 35.9 Å². The normalized spacial score (nSPS) is 30.6. The Bertz CT molecular complexity index is 491. The number of nitrogens with one attached hydrogen (secondary N) is 2. The number of carbonyl (C=O) groups excluding carboxylic acids is 1. The van der Waals surface area contributed by atoms with Crippen molar-refractivity contribution in [2.24, 2.45) is 11.8 Å². The van der Waals surface area contributed by atoms with Crippen LogP contribution in [0.5, 0.6) is 0 Å². The summed E-state index contributed by atoms with van der Waals surface area (Å²) >= 11 is 0. The number of amides is 2. The van der Waals surface area contributed by atoms with Crippen molar-refractivity contribution in [1.82, 2.24) is 10.6 Å². The number of carbonyl (C=O) groups is 1. The van der Waals surface area contributed by atoms with E-state index in [1.807, 2.05) is 6.07 Å². The molecule has 120 valence electrons. The van der Waals surface area contributed by atoms with E-state index in [1.165, 1.54) is 12.0 Å². The quantitative estimate of drug-likeness (QED) is 0.783. The van der Waals surface area contributed by atoms with E-state index in [0.29, 0.717) is 24.3 Å². The Hall–Kier alpha value is -1.55. The Morgan fingerprint density at radius 3 is 2.64 bits per heavy atom. The summed E-state index contributed by atoms with van der Waals surface area (Å²) in [4.78, 5) is 11.9. The van der Waals surface area contributed by atoms with Gasteiger partial charge in [-0.2, -0.15) is 0 Å². The molecule has 0 radical (unpaired) electrons. The molecule has 3 N–H and O–H groups in total. The van der Waals surface area contributed by atoms with Gasteiger partial charge in [0.2, 0.25) is 0 Å². The molecule has 2 aliphatic carbocycles. The van der Waals surface area contributed by atoms with Gasteiger partial charge in [0.25, 0.3) is 0 Å². The molecule has 3 rings (SSSR count). The number of benzene rings is 1. The lowest BCUT2D eigenvalue weighted by molar-refractivity contribution is 0.101. The summed E-state index contributed by atoms with van der Waals surface area (Å²) < 4.78 is 0. The van der Waals surface area contributed by atoms with E-state index in [-0.39, 0.29) is 12.1 Å². The van der Waals surface area contributed by atoms with Gasteiger partial charge in [-0.1, -0.05) is 36.8 Å². The molecule has 0 aromatic heterocycles. The molecule has 2 aliphatic rings. The zero-order valence-electron chi connectivity index (χ0n) is 13.0. The molecule has 0 heterocycles. The Kier molecular flexibility index (Phi) is 4.98. The lowest BCUT2D eigenvalue weighted by Gasteiger charge is -2.25. The number of hydrogen-bond acceptors (Lipinski definition) is 2. The maximum Gasteiger partial charge on any atom is 0.314 e. The van der Waals surface area contributed by atoms with Gasteiger partial charge < -0.3 is 15.7 Å². The monoisotopic (exact) mass is 302 g/mol. The molecule has 1 aromatic rings. The molecule has 0 spiro atoms. The van der Waals surface area contributed by atoms with E-state index in [1.54, 1.807) is 0 Å². The van der Waals surface area contributed by atoms with Crippen molar-refractivity contribution in [2.45, 2.75) is 44.1 Å². The molecular weight excluding hydrogens is 276 g/mol. The number of hydrogen-bond donors (Lipinski definition) is 3. The summed E-state index contributed by atoms with van der Waals surface area (Å²) in [5.74, 6) is 1.60. The van der Waals surface area contributed by atoms with E-state index >= 15 is 0 Å². The van der Waals surface area contributed by atoms with Gasteiger partial charge in [0.15, 0.2) is 0 Å². The second-order valence-electron chi connectivity index (χ2n) is 6.79. The minimum Gasteiger partial charge on any atom is -0.393 e. The number of aliphatic hydroxyl groups excluding tert-OH is 1. The van der Waals surface area contributed by atoms with Crippen molar-refractivity contribution in [2.75, 3.05) is 13.1 Å². The third-order valence-corrected chi connectivity index (χ3v) is 4.98. The highest BCUT2D eigenvalue weighted by Crippen LogP contribution is 2.46. The third kappa shape index (κ3) is 4.23. The first-order chi connectivity index (χ1) is 10.7. The topological polar surface area (TPSA) is 61.4 Å². The highest BCUT2D eigenvalue weighted by atomic mass is 16.3. The van der Waals surface area contributed by atoms with Crippen LogP contribution in [-0.4, -0.2) is 30.3 Å². The summed E-state index contributed by atoms with van der Waals surface area (Å²) in [6.07, 6.45) is 4.89. The van der Waals surface area contributed by atoms with Gasteiger partial charge in [-0.3, -0.25) is 0 Å². The van der Waals surface area contributed by atoms with Gasteiger partial charge in [-0.25, -0.2) is 4.79 Å². The molecule has 4 heteroatoms. The van der Waals surface area contributed by atoms with Crippen LogP contribution in [0, 0.1) is 11.8 Å². The molecule has 0 bridgehead atoms. The average Bonchev–Trinajstić information content (AvgIpc) is 3.32. The van der Waals surface area contributed by atoms with Crippen molar-refractivity contribution < 1.29 is 9.90 Å². The molecule has 1 aromatic carbocycles. The van der Waals surface area contributed by atoms with Crippen LogP contribution in [-0.2, 0) is 0 Å². The fourth-order valence-electron chi connectivity index (χ4n) is 3.55. The number of aliphatic hydroxyl groups is 1. The van der Waals surface area contributed by atoms with Crippen LogP contribution in [0.25, 0.3) is 0 Å². The van der Waals surface area contributed by atoms with Crippen LogP contribution in [0.15, 0.2) is 30.3 Å². The van der Waals surface area contributed by atoms with Crippen LogP contribution >= 0.6 is 0 Å². The van der Waals surface area contributed by atoms with Gasteiger partial charge in [-0.05, 0) is 49.0 Å². The molecular formula is C18H26N2O2. The maximum absolute atomic E-state index is 11.9. The molecule has 2 fully saturated rings. The fraction of sp³-hybridized carbons (Fsp3) is 0.611. The summed E-state index contributed by atoms with van der Waals surface area (Å²) in [5, 5.41) is 15.6. The van der Waals surface area contributed by atoms with Crippen molar-refractivity contribution in [1.29, 1.82) is 0 Å². The largest absolute Gasteiger partial charge is 0.393 e. The maximum atomic E-state index is 11.9. The van der Waals surface area contributed by atoms with Gasteiger partial charge in [-0.15, -0.1) is 0 Å². The van der Waals surface area contributed by atoms with Crippen LogP contribution in [0.2, 0.25) is 0 Å². The van der Waals surface area contributed by atoms with E-state index in [2.05, 4.69) is 34.9 Å². The van der Waals surface area contributed by atoms with Crippen LogP contribution in [0.4, 0.5) is 4.79 Å². The Labute approximate surface area is 132 Å². The molecule has 4 nitrogen and oxygen atoms in total. The van der Waals surface area contributed by atoms with Crippen LogP contribution < -0.4 is 10.6 Å². The lowest BCUT2D eigenvalue weighted by Crippen LogP contribution is -2.40. The second kappa shape index (κ2) is 7.14. The first kappa shape index (κ1) is 15.3. The van der Waals surface area contributed by atoms with Crippen molar-refractivity contribution in [3.63, 3.8) is 0 Å². The van der Waals surface area contributed by atoms with Gasteiger partial charge in [0, 0.05) is 13.1 Å². The van der Waals surface area contributed by atoms with E-state index in [9.17, 15) is 9.90 Å². The Morgan fingerprint density at radius 1 is 1.09 bits per heavy atom. The van der Waals surface area contributed by atoms with Gasteiger partial charge >= 0.3 is 6.03 Å². The van der Waals surface area contributed by atoms with Crippen LogP contribution in [0.3, 0.4) is 0 Å². The zero-order chi connectivity index (χ0) is 15.4. The number of urea groups is 1. The zero-order valence-corrected chi connectivity index (χ0v) is 13.0. The number of rotatable bonds is 5. The average molecular weight is 302 g/mol. The van der Waals surface area contributed by atoms with Crippen molar-refractivity contribution in [3.8, 4) is 0 Å². The highest BCUT2D eigenvalue weighted by molar-refractivity contribution is 5.73. The minimum atomic E-state index is -0.179. The smallest absolute Gasteiger partial charge is 0.314 e. The van der Waals surface area contributed by atoms with E-state index in [4.69, 9.17) is 0 Å². The summed E-state index contributed by atoms with van der Waals surface area (Å²) in [6.45, 7) is 1.42. The molecule has 2 saturated carbocycles. The van der Waals surface area contributed by atoms with Gasteiger partial charge in [0.05, 0.1) is 6.10 Å². The first-order valence-corrected chi connectivity index (χ1v) is 8.47. The molecule has 0 aliphatic heterocycles. The molecule has 4 unspecified atom stereocenters. The summed E-state index contributed by atoms with van der Waals surface area (Å²) in [5.41, 5.74) is 1.38. The molecule has 4 atom stereocenters. The summed E-state index contributed by atoms with van der Waals surface area (Å²) in [7, 11) is 0. The lowest BCUT2D eigenvalue weighted by atomic mass is 9.87. The second-order valence-corrected chi connectivity index (χ2v) is 6.79. The van der Waals surface area contributed by atoms with E-state index in [0.717, 1.165) is 32.2 Å². The fourth-order valence-corrected chi connectivity index (χ4v) is 3.55. The van der Waals surface area contributed by atoms with Crippen LogP contribution in [0.1, 0.15) is 43.6 Å². The predicted molar refractivity (Wildman–Crippen MR) is 86.7 cm³/mol. The van der Waals surface area contributed by atoms with E-state index < -0.39 is 0 Å². The predicted octanol–water partition coefficient (Wildman–Crippen LogP) is 2.64. The molecule has 22 heavy (non-hydrogen) atoms. The SMILES string of the molecule is O=C(NCC1CCCC(O)C1)NCC1CC1c1ccccc1. The standard InChI is InChI=1S/C18H26N2O2/c21-16-8-4-5-13(9-16)11-19-18(22)20-12-15-10-17(15)14-6-2-1-3-7-14/h1-3,6-7,13,15-17,21H,4-5,8-12H2,(H2,19,20,22). The van der Waals surface area contributed by atoms with Gasteiger partial charge in [0.1, 0.15) is 0 Å². The van der Waals surface area contributed by atoms with Crippen molar-refractivity contribution >= 4 is 6.03 Å². The Morgan fingerprint density at radius 2 is 1.86 bits per heavy atom. The molecule has 2 amide bonds. The Balaban J connectivity index is 1.32. The summed E-state index contributed by atoms with van der Waals surface area (Å²) in [6, 6.07) is 10.4. The highest BCUT2D eigenvalue weighted by Gasteiger charge is 2.38.